The molecule has 1 heterocycles. The Morgan fingerprint density at radius 1 is 1.14 bits per heavy atom. The number of nitrogens with zero attached hydrogens (tertiary/aromatic N) is 1. The Hall–Kier alpha value is -2.33. The summed E-state index contributed by atoms with van der Waals surface area (Å²) in [5.74, 6) is -0.476. The molecular formula is C16H12ClFN2O. The van der Waals surface area contributed by atoms with Gasteiger partial charge in [0.05, 0.1) is 16.2 Å². The molecule has 0 fully saturated rings. The van der Waals surface area contributed by atoms with Crippen LogP contribution in [0.2, 0.25) is 5.02 Å². The van der Waals surface area contributed by atoms with Crippen LogP contribution in [-0.4, -0.2) is 4.57 Å². The maximum Gasteiger partial charge on any atom is 0.252 e. The van der Waals surface area contributed by atoms with E-state index in [9.17, 15) is 9.18 Å². The number of aromatic nitrogens is 1. The van der Waals surface area contributed by atoms with E-state index in [1.165, 1.54) is 18.2 Å². The number of nitrogens with one attached hydrogen (secondary N) is 1. The largest absolute Gasteiger partial charge is 0.355 e. The van der Waals surface area contributed by atoms with Crippen molar-refractivity contribution in [1.29, 1.82) is 0 Å². The van der Waals surface area contributed by atoms with Crippen LogP contribution in [0.5, 0.6) is 0 Å². The summed E-state index contributed by atoms with van der Waals surface area (Å²) < 4.78 is 14.8. The highest BCUT2D eigenvalue weighted by Gasteiger charge is 2.07. The van der Waals surface area contributed by atoms with Gasteiger partial charge in [-0.05, 0) is 24.3 Å². The monoisotopic (exact) mass is 302 g/mol. The maximum atomic E-state index is 13.2. The van der Waals surface area contributed by atoms with Crippen molar-refractivity contribution in [3.63, 3.8) is 0 Å². The normalized spacial score (nSPS) is 10.8. The average molecular weight is 303 g/mol. The molecule has 0 radical (unpaired) electrons. The van der Waals surface area contributed by atoms with Gasteiger partial charge in [0.25, 0.3) is 5.56 Å². The first kappa shape index (κ1) is 13.6. The van der Waals surface area contributed by atoms with Crippen molar-refractivity contribution >= 4 is 33.9 Å². The minimum Gasteiger partial charge on any atom is -0.355 e. The van der Waals surface area contributed by atoms with Crippen LogP contribution in [0.15, 0.2) is 53.3 Å². The quantitative estimate of drug-likeness (QED) is 0.774. The minimum atomic E-state index is -0.476. The third kappa shape index (κ3) is 2.50. The third-order valence-electron chi connectivity index (χ3n) is 3.35. The molecule has 0 aliphatic rings. The van der Waals surface area contributed by atoms with Crippen molar-refractivity contribution < 1.29 is 4.39 Å². The molecule has 5 heteroatoms. The van der Waals surface area contributed by atoms with Crippen LogP contribution in [0.25, 0.3) is 10.9 Å². The Kier molecular flexibility index (Phi) is 3.39. The van der Waals surface area contributed by atoms with Crippen molar-refractivity contribution in [2.75, 3.05) is 5.32 Å². The lowest BCUT2D eigenvalue weighted by atomic mass is 10.1. The number of pyridine rings is 1. The lowest BCUT2D eigenvalue weighted by Gasteiger charge is -2.12. The first-order chi connectivity index (χ1) is 10.1. The smallest absolute Gasteiger partial charge is 0.252 e. The number of halogens is 2. The third-order valence-corrected chi connectivity index (χ3v) is 3.64. The second kappa shape index (κ2) is 5.22. The van der Waals surface area contributed by atoms with Gasteiger partial charge in [-0.15, -0.1) is 0 Å². The van der Waals surface area contributed by atoms with E-state index in [-0.39, 0.29) is 10.6 Å². The zero-order valence-electron chi connectivity index (χ0n) is 11.2. The number of benzene rings is 2. The molecule has 1 aromatic heterocycles. The number of fused-ring (bicyclic) bond motifs is 1. The minimum absolute atomic E-state index is 0.0353. The number of anilines is 2. The highest BCUT2D eigenvalue weighted by molar-refractivity contribution is 6.31. The molecule has 0 bridgehead atoms. The fraction of sp³-hybridized carbons (Fsp3) is 0.0625. The van der Waals surface area contributed by atoms with Gasteiger partial charge in [0, 0.05) is 24.2 Å². The van der Waals surface area contributed by atoms with Gasteiger partial charge in [-0.1, -0.05) is 29.8 Å². The van der Waals surface area contributed by atoms with Gasteiger partial charge in [0.15, 0.2) is 0 Å². The number of rotatable bonds is 2. The SMILES string of the molecule is Cn1c(=O)cc(Nc2ccc(F)c(Cl)c2)c2ccccc21. The van der Waals surface area contributed by atoms with E-state index in [0.717, 1.165) is 10.9 Å². The molecule has 3 aromatic rings. The molecule has 0 saturated heterocycles. The number of hydrogen-bond donors (Lipinski definition) is 1. The molecule has 0 spiro atoms. The zero-order chi connectivity index (χ0) is 15.0. The predicted molar refractivity (Wildman–Crippen MR) is 83.9 cm³/mol. The van der Waals surface area contributed by atoms with E-state index >= 15 is 0 Å². The van der Waals surface area contributed by atoms with Gasteiger partial charge in [0.2, 0.25) is 0 Å². The summed E-state index contributed by atoms with van der Waals surface area (Å²) in [6.07, 6.45) is 0. The summed E-state index contributed by atoms with van der Waals surface area (Å²) in [7, 11) is 1.73. The first-order valence-corrected chi connectivity index (χ1v) is 6.75. The van der Waals surface area contributed by atoms with E-state index in [4.69, 9.17) is 11.6 Å². The maximum absolute atomic E-state index is 13.2. The summed E-state index contributed by atoms with van der Waals surface area (Å²) in [6.45, 7) is 0. The van der Waals surface area contributed by atoms with Gasteiger partial charge >= 0.3 is 0 Å². The molecule has 0 unspecified atom stereocenters. The summed E-state index contributed by atoms with van der Waals surface area (Å²) >= 11 is 5.77. The van der Waals surface area contributed by atoms with Gasteiger partial charge < -0.3 is 9.88 Å². The number of hydrogen-bond acceptors (Lipinski definition) is 2. The molecule has 2 aromatic carbocycles. The van der Waals surface area contributed by atoms with Crippen molar-refractivity contribution in [2.45, 2.75) is 0 Å². The standard InChI is InChI=1S/C16H12ClFN2O/c1-20-15-5-3-2-4-11(15)14(9-16(20)21)19-10-6-7-13(18)12(17)8-10/h2-9,19H,1H3. The van der Waals surface area contributed by atoms with Gasteiger partial charge in [-0.2, -0.15) is 0 Å². The Labute approximate surface area is 125 Å². The molecule has 3 nitrogen and oxygen atoms in total. The van der Waals surface area contributed by atoms with Crippen molar-refractivity contribution in [3.8, 4) is 0 Å². The Balaban J connectivity index is 2.14. The summed E-state index contributed by atoms with van der Waals surface area (Å²) in [6, 6.07) is 13.4. The van der Waals surface area contributed by atoms with Crippen molar-refractivity contribution in [3.05, 3.63) is 69.7 Å². The predicted octanol–water partition coefficient (Wildman–Crippen LogP) is 4.07. The van der Waals surface area contributed by atoms with Crippen LogP contribution >= 0.6 is 11.6 Å². The summed E-state index contributed by atoms with van der Waals surface area (Å²) in [5.41, 5.74) is 1.99. The molecule has 3 rings (SSSR count). The van der Waals surface area contributed by atoms with Crippen LogP contribution in [0.4, 0.5) is 15.8 Å². The molecule has 0 aliphatic carbocycles. The van der Waals surface area contributed by atoms with Crippen LogP contribution in [0.1, 0.15) is 0 Å². The van der Waals surface area contributed by atoms with Crippen molar-refractivity contribution in [2.24, 2.45) is 7.05 Å². The summed E-state index contributed by atoms with van der Waals surface area (Å²) in [4.78, 5) is 12.0. The van der Waals surface area contributed by atoms with Crippen LogP contribution in [0.3, 0.4) is 0 Å². The second-order valence-electron chi connectivity index (χ2n) is 4.73. The lowest BCUT2D eigenvalue weighted by molar-refractivity contribution is 0.628. The fourth-order valence-electron chi connectivity index (χ4n) is 2.24. The Morgan fingerprint density at radius 2 is 1.90 bits per heavy atom. The molecule has 106 valence electrons. The zero-order valence-corrected chi connectivity index (χ0v) is 12.0. The average Bonchev–Trinajstić information content (AvgIpc) is 2.48. The van der Waals surface area contributed by atoms with E-state index in [1.807, 2.05) is 24.3 Å². The highest BCUT2D eigenvalue weighted by Crippen LogP contribution is 2.26. The van der Waals surface area contributed by atoms with Crippen LogP contribution in [-0.2, 0) is 7.05 Å². The molecule has 0 saturated carbocycles. The molecule has 0 aliphatic heterocycles. The molecule has 0 amide bonds. The van der Waals surface area contributed by atoms with Gasteiger partial charge in [-0.3, -0.25) is 4.79 Å². The van der Waals surface area contributed by atoms with E-state index in [0.29, 0.717) is 11.4 Å². The lowest BCUT2D eigenvalue weighted by Crippen LogP contribution is -2.16. The van der Waals surface area contributed by atoms with Crippen molar-refractivity contribution in [1.82, 2.24) is 4.57 Å². The molecule has 0 atom stereocenters. The molecule has 21 heavy (non-hydrogen) atoms. The number of aryl methyl sites for hydroxylation is 1. The van der Waals surface area contributed by atoms with Crippen LogP contribution in [0, 0.1) is 5.82 Å². The highest BCUT2D eigenvalue weighted by atomic mass is 35.5. The topological polar surface area (TPSA) is 34.0 Å². The Bertz CT molecular complexity index is 889. The second-order valence-corrected chi connectivity index (χ2v) is 5.13. The fourth-order valence-corrected chi connectivity index (χ4v) is 2.42. The van der Waals surface area contributed by atoms with Crippen LogP contribution < -0.4 is 10.9 Å². The summed E-state index contributed by atoms with van der Waals surface area (Å²) in [5, 5.41) is 4.06. The Morgan fingerprint density at radius 3 is 2.67 bits per heavy atom. The first-order valence-electron chi connectivity index (χ1n) is 6.37. The van der Waals surface area contributed by atoms with E-state index in [2.05, 4.69) is 5.32 Å². The van der Waals surface area contributed by atoms with Gasteiger partial charge in [0.1, 0.15) is 5.82 Å². The van der Waals surface area contributed by atoms with E-state index < -0.39 is 5.82 Å². The van der Waals surface area contributed by atoms with Gasteiger partial charge in [-0.25, -0.2) is 4.39 Å². The number of para-hydroxylation sites is 1. The molecule has 1 N–H and O–H groups in total. The van der Waals surface area contributed by atoms with E-state index in [1.54, 1.807) is 17.7 Å². The molecular weight excluding hydrogens is 291 g/mol.